The summed E-state index contributed by atoms with van der Waals surface area (Å²) >= 11 is 8.63. The number of hydrogen-bond acceptors (Lipinski definition) is 4. The zero-order valence-electron chi connectivity index (χ0n) is 9.91. The molecule has 4 nitrogen and oxygen atoms in total. The lowest BCUT2D eigenvalue weighted by molar-refractivity contribution is -0.146. The van der Waals surface area contributed by atoms with Gasteiger partial charge in [-0.3, -0.25) is 4.79 Å². The van der Waals surface area contributed by atoms with Crippen LogP contribution in [0.15, 0.2) is 29.2 Å². The molecule has 0 spiro atoms. The quantitative estimate of drug-likeness (QED) is 0.864. The van der Waals surface area contributed by atoms with Gasteiger partial charge in [-0.05, 0) is 24.3 Å². The second-order valence-corrected chi connectivity index (χ2v) is 6.45. The zero-order valence-corrected chi connectivity index (χ0v) is 12.3. The number of amides is 1. The molecule has 1 fully saturated rings. The minimum Gasteiger partial charge on any atom is -0.480 e. The van der Waals surface area contributed by atoms with E-state index in [2.05, 4.69) is 0 Å². The Morgan fingerprint density at radius 2 is 2.11 bits per heavy atom. The van der Waals surface area contributed by atoms with Gasteiger partial charge in [0.25, 0.3) is 0 Å². The highest BCUT2D eigenvalue weighted by Crippen LogP contribution is 2.25. The Kier molecular flexibility index (Phi) is 5.01. The highest BCUT2D eigenvalue weighted by atomic mass is 35.5. The lowest BCUT2D eigenvalue weighted by Crippen LogP contribution is -2.42. The molecule has 0 aromatic heterocycles. The van der Waals surface area contributed by atoms with Gasteiger partial charge in [-0.25, -0.2) is 4.79 Å². The maximum Gasteiger partial charge on any atom is 0.327 e. The third-order valence-electron chi connectivity index (χ3n) is 2.66. The van der Waals surface area contributed by atoms with Crippen molar-refractivity contribution in [1.29, 1.82) is 0 Å². The van der Waals surface area contributed by atoms with Gasteiger partial charge in [-0.1, -0.05) is 11.6 Å². The van der Waals surface area contributed by atoms with Gasteiger partial charge < -0.3 is 10.0 Å². The maximum atomic E-state index is 12.0. The van der Waals surface area contributed by atoms with E-state index < -0.39 is 12.0 Å². The van der Waals surface area contributed by atoms with Gasteiger partial charge in [0.05, 0.1) is 11.6 Å². The smallest absolute Gasteiger partial charge is 0.327 e. The van der Waals surface area contributed by atoms with Gasteiger partial charge in [0.1, 0.15) is 6.04 Å². The number of carbonyl (C=O) groups is 2. The summed E-state index contributed by atoms with van der Waals surface area (Å²) in [6, 6.07) is 6.52. The molecule has 0 radical (unpaired) electrons. The normalized spacial score (nSPS) is 18.6. The number of carbonyl (C=O) groups excluding carboxylic acids is 1. The van der Waals surface area contributed by atoms with Gasteiger partial charge in [-0.2, -0.15) is 0 Å². The molecule has 1 amide bonds. The average Bonchev–Trinajstić information content (AvgIpc) is 2.87. The molecule has 1 aromatic rings. The summed E-state index contributed by atoms with van der Waals surface area (Å²) in [5, 5.41) is 9.67. The van der Waals surface area contributed by atoms with Crippen LogP contribution in [0.1, 0.15) is 0 Å². The van der Waals surface area contributed by atoms with Crippen LogP contribution in [0, 0.1) is 0 Å². The summed E-state index contributed by atoms with van der Waals surface area (Å²) in [5.74, 6) is 0.0857. The molecule has 0 saturated carbocycles. The predicted molar refractivity (Wildman–Crippen MR) is 77.8 cm³/mol. The van der Waals surface area contributed by atoms with E-state index in [9.17, 15) is 9.59 Å². The first-order chi connectivity index (χ1) is 9.08. The zero-order chi connectivity index (χ0) is 13.8. The van der Waals surface area contributed by atoms with Crippen molar-refractivity contribution in [3.8, 4) is 0 Å². The number of aliphatic carboxylic acids is 1. The number of halogens is 1. The molecule has 0 aliphatic carbocycles. The number of hydrogen-bond donors (Lipinski definition) is 1. The van der Waals surface area contributed by atoms with Crippen LogP contribution in [0.4, 0.5) is 0 Å². The third-order valence-corrected chi connectivity index (χ3v) is 4.92. The van der Waals surface area contributed by atoms with Gasteiger partial charge in [0.2, 0.25) is 5.91 Å². The van der Waals surface area contributed by atoms with E-state index in [-0.39, 0.29) is 11.7 Å². The number of benzene rings is 1. The lowest BCUT2D eigenvalue weighted by atomic mass is 10.3. The Morgan fingerprint density at radius 3 is 2.74 bits per heavy atom. The molecule has 7 heteroatoms. The minimum absolute atomic E-state index is 0.141. The van der Waals surface area contributed by atoms with Crippen LogP contribution in [0.5, 0.6) is 0 Å². The summed E-state index contributed by atoms with van der Waals surface area (Å²) < 4.78 is 0. The summed E-state index contributed by atoms with van der Waals surface area (Å²) in [4.78, 5) is 25.4. The van der Waals surface area contributed by atoms with E-state index in [1.54, 1.807) is 12.1 Å². The van der Waals surface area contributed by atoms with E-state index in [1.807, 2.05) is 12.1 Å². The Morgan fingerprint density at radius 1 is 1.42 bits per heavy atom. The fourth-order valence-corrected chi connectivity index (χ4v) is 3.73. The molecule has 0 bridgehead atoms. The van der Waals surface area contributed by atoms with Crippen LogP contribution < -0.4 is 0 Å². The first-order valence-electron chi connectivity index (χ1n) is 5.56. The van der Waals surface area contributed by atoms with Crippen LogP contribution in [0.3, 0.4) is 0 Å². The first kappa shape index (κ1) is 14.6. The highest BCUT2D eigenvalue weighted by Gasteiger charge is 2.34. The molecule has 1 unspecified atom stereocenters. The van der Waals surface area contributed by atoms with Crippen molar-refractivity contribution in [3.63, 3.8) is 0 Å². The molecule has 1 saturated heterocycles. The summed E-state index contributed by atoms with van der Waals surface area (Å²) in [6.07, 6.45) is 0. The average molecular weight is 318 g/mol. The summed E-state index contributed by atoms with van der Waals surface area (Å²) in [5.41, 5.74) is 0. The van der Waals surface area contributed by atoms with Crippen molar-refractivity contribution in [2.24, 2.45) is 0 Å². The second kappa shape index (κ2) is 6.54. The van der Waals surface area contributed by atoms with Crippen LogP contribution in [0.25, 0.3) is 0 Å². The van der Waals surface area contributed by atoms with E-state index in [0.717, 1.165) is 4.90 Å². The number of carboxylic acids is 1. The van der Waals surface area contributed by atoms with Crippen LogP contribution in [0.2, 0.25) is 5.02 Å². The van der Waals surface area contributed by atoms with Crippen molar-refractivity contribution in [1.82, 2.24) is 4.90 Å². The summed E-state index contributed by atoms with van der Waals surface area (Å²) in [6.45, 7) is 0. The second-order valence-electron chi connectivity index (χ2n) is 3.96. The van der Waals surface area contributed by atoms with Crippen molar-refractivity contribution >= 4 is 47.0 Å². The van der Waals surface area contributed by atoms with E-state index >= 15 is 0 Å². The fourth-order valence-electron chi connectivity index (χ4n) is 1.65. The fraction of sp³-hybridized carbons (Fsp3) is 0.333. The molecule has 2 rings (SSSR count). The molecule has 1 atom stereocenters. The number of rotatable bonds is 4. The third kappa shape index (κ3) is 3.81. The molecular weight excluding hydrogens is 306 g/mol. The lowest BCUT2D eigenvalue weighted by Gasteiger charge is -2.20. The van der Waals surface area contributed by atoms with E-state index in [0.29, 0.717) is 16.7 Å². The van der Waals surface area contributed by atoms with Gasteiger partial charge in [0, 0.05) is 15.7 Å². The monoisotopic (exact) mass is 317 g/mol. The van der Waals surface area contributed by atoms with Crippen LogP contribution >= 0.6 is 35.1 Å². The topological polar surface area (TPSA) is 57.6 Å². The molecule has 1 aliphatic rings. The molecular formula is C12H12ClNO3S2. The number of carboxylic acid groups (broad SMARTS) is 1. The molecule has 102 valence electrons. The maximum absolute atomic E-state index is 12.0. The molecule has 1 aliphatic heterocycles. The molecule has 19 heavy (non-hydrogen) atoms. The standard InChI is InChI=1S/C12H12ClNO3S2/c13-8-1-3-9(4-2-8)19-6-11(15)14-7-18-5-10(14)12(16)17/h1-4,10H,5-7H2,(H,16,17). The molecule has 1 N–H and O–H groups in total. The van der Waals surface area contributed by atoms with Gasteiger partial charge >= 0.3 is 5.97 Å². The molecule has 1 aromatic carbocycles. The van der Waals surface area contributed by atoms with Crippen molar-refractivity contribution < 1.29 is 14.7 Å². The van der Waals surface area contributed by atoms with Crippen molar-refractivity contribution in [3.05, 3.63) is 29.3 Å². The first-order valence-corrected chi connectivity index (χ1v) is 8.08. The number of thioether (sulfide) groups is 2. The van der Waals surface area contributed by atoms with Crippen molar-refractivity contribution in [2.45, 2.75) is 10.9 Å². The van der Waals surface area contributed by atoms with Crippen molar-refractivity contribution in [2.75, 3.05) is 17.4 Å². The Hall–Kier alpha value is -0.850. The van der Waals surface area contributed by atoms with Crippen LogP contribution in [-0.2, 0) is 9.59 Å². The van der Waals surface area contributed by atoms with E-state index in [4.69, 9.17) is 16.7 Å². The van der Waals surface area contributed by atoms with E-state index in [1.165, 1.54) is 28.4 Å². The van der Waals surface area contributed by atoms with Crippen LogP contribution in [-0.4, -0.2) is 45.3 Å². The highest BCUT2D eigenvalue weighted by molar-refractivity contribution is 8.00. The largest absolute Gasteiger partial charge is 0.480 e. The van der Waals surface area contributed by atoms with Gasteiger partial charge in [0.15, 0.2) is 0 Å². The SMILES string of the molecule is O=C(O)C1CSCN1C(=O)CSc1ccc(Cl)cc1. The Bertz CT molecular complexity index is 480. The Labute approximate surface area is 124 Å². The minimum atomic E-state index is -0.935. The Balaban J connectivity index is 1.90. The predicted octanol–water partition coefficient (Wildman–Crippen LogP) is 2.42. The molecule has 1 heterocycles. The van der Waals surface area contributed by atoms with Gasteiger partial charge in [-0.15, -0.1) is 23.5 Å². The summed E-state index contributed by atoms with van der Waals surface area (Å²) in [7, 11) is 0. The number of nitrogens with zero attached hydrogens (tertiary/aromatic N) is 1.